The number of phenols is 1. The summed E-state index contributed by atoms with van der Waals surface area (Å²) in [7, 11) is 1.50. The van der Waals surface area contributed by atoms with Crippen LogP contribution in [0.1, 0.15) is 30.9 Å². The second-order valence-corrected chi connectivity index (χ2v) is 11.9. The van der Waals surface area contributed by atoms with Crippen molar-refractivity contribution in [2.75, 3.05) is 20.1 Å². The van der Waals surface area contributed by atoms with Crippen molar-refractivity contribution < 1.29 is 29.1 Å². The number of aldehydes is 1. The summed E-state index contributed by atoms with van der Waals surface area (Å²) in [6.45, 7) is 1.23. The molecule has 0 bridgehead atoms. The fourth-order valence-electron chi connectivity index (χ4n) is 5.58. The summed E-state index contributed by atoms with van der Waals surface area (Å²) in [4.78, 5) is 72.5. The molecular weight excluding hydrogens is 616 g/mol. The Labute approximate surface area is 278 Å². The van der Waals surface area contributed by atoms with Gasteiger partial charge in [0.1, 0.15) is 17.8 Å². The van der Waals surface area contributed by atoms with Gasteiger partial charge in [0.05, 0.1) is 12.6 Å². The van der Waals surface area contributed by atoms with Gasteiger partial charge in [0, 0.05) is 19.4 Å². The van der Waals surface area contributed by atoms with Gasteiger partial charge >= 0.3 is 0 Å². The number of benzene rings is 3. The lowest BCUT2D eigenvalue weighted by atomic mass is 9.96. The molecular formula is C34H42N8O6. The Kier molecular flexibility index (Phi) is 11.7. The molecule has 0 saturated carbocycles. The number of guanidine groups is 1. The highest BCUT2D eigenvalue weighted by atomic mass is 16.3. The van der Waals surface area contributed by atoms with Crippen molar-refractivity contribution in [3.63, 3.8) is 0 Å². The van der Waals surface area contributed by atoms with E-state index in [2.05, 4.69) is 26.3 Å². The van der Waals surface area contributed by atoms with Gasteiger partial charge in [-0.2, -0.15) is 0 Å². The third-order valence-corrected chi connectivity index (χ3v) is 8.44. The van der Waals surface area contributed by atoms with E-state index in [9.17, 15) is 29.1 Å². The first-order valence-electron chi connectivity index (χ1n) is 15.6. The Hall–Kier alpha value is -5.50. The summed E-state index contributed by atoms with van der Waals surface area (Å²) in [5.74, 6) is -2.64. The molecule has 1 aliphatic heterocycles. The first-order valence-corrected chi connectivity index (χ1v) is 15.6. The predicted octanol–water partition coefficient (Wildman–Crippen LogP) is -0.185. The standard InChI is InChI=1S/C34H42N8O6/c1-21-30(46)39-27(8-5-15-37-33(35)36)32(48)40-28(17-23-9-12-24-6-3-4-7-25(24)16-23)31(47)38-19-29(45)41-34(20-43,42(21)2)18-22-10-13-26(44)14-11-22/h3-4,6-7,9-14,16,20-21,27-28,44H,5,8,15,17-19H2,1-2H3,(H,38,47)(H,39,46)(H,40,48)(H,41,45)(H4,35,36,37)/t21-,27+,28+,34-/m1/s1. The van der Waals surface area contributed by atoms with E-state index in [1.807, 2.05) is 42.5 Å². The number of rotatable bonds is 9. The average molecular weight is 659 g/mol. The zero-order chi connectivity index (χ0) is 34.8. The van der Waals surface area contributed by atoms with Crippen molar-refractivity contribution in [2.24, 2.45) is 16.5 Å². The summed E-state index contributed by atoms with van der Waals surface area (Å²) in [5.41, 5.74) is 10.5. The topological polar surface area (TPSA) is 221 Å². The number of aliphatic imine (C=N–C) groups is 1. The van der Waals surface area contributed by atoms with E-state index < -0.39 is 54.0 Å². The fourth-order valence-corrected chi connectivity index (χ4v) is 5.58. The molecule has 4 amide bonds. The van der Waals surface area contributed by atoms with Crippen molar-refractivity contribution in [3.05, 3.63) is 77.9 Å². The van der Waals surface area contributed by atoms with Crippen LogP contribution in [0.4, 0.5) is 0 Å². The number of nitrogens with one attached hydrogen (secondary N) is 4. The highest BCUT2D eigenvalue weighted by Gasteiger charge is 2.42. The van der Waals surface area contributed by atoms with E-state index in [4.69, 9.17) is 11.5 Å². The Bertz CT molecular complexity index is 1680. The van der Waals surface area contributed by atoms with Crippen LogP contribution in [0.3, 0.4) is 0 Å². The SMILES string of the molecule is C[C@@H]1C(=O)N[C@@H](CCCN=C(N)N)C(=O)N[C@@H](Cc2ccc3ccccc3c2)C(=O)NCC(=O)N[C@](C=O)(Cc2ccc(O)cc2)N1C. The summed E-state index contributed by atoms with van der Waals surface area (Å²) in [6, 6.07) is 16.2. The van der Waals surface area contributed by atoms with Gasteiger partial charge in [-0.25, -0.2) is 0 Å². The predicted molar refractivity (Wildman–Crippen MR) is 180 cm³/mol. The van der Waals surface area contributed by atoms with E-state index >= 15 is 0 Å². The number of hydrogen-bond donors (Lipinski definition) is 7. The smallest absolute Gasteiger partial charge is 0.243 e. The highest BCUT2D eigenvalue weighted by molar-refractivity contribution is 5.95. The van der Waals surface area contributed by atoms with Gasteiger partial charge in [0.2, 0.25) is 23.6 Å². The molecule has 254 valence electrons. The van der Waals surface area contributed by atoms with E-state index in [-0.39, 0.29) is 37.5 Å². The number of nitrogens with two attached hydrogens (primary N) is 2. The number of amides is 4. The molecule has 1 saturated heterocycles. The minimum atomic E-state index is -1.74. The van der Waals surface area contributed by atoms with Crippen LogP contribution in [0, 0.1) is 0 Å². The van der Waals surface area contributed by atoms with Gasteiger partial charge in [-0.05, 0) is 60.8 Å². The van der Waals surface area contributed by atoms with Crippen molar-refractivity contribution in [3.8, 4) is 5.75 Å². The number of likely N-dealkylation sites (N-methyl/N-ethyl adjacent to an activating group) is 1. The molecule has 0 aliphatic carbocycles. The van der Waals surface area contributed by atoms with Crippen LogP contribution < -0.4 is 32.7 Å². The number of hydrogen-bond acceptors (Lipinski definition) is 8. The molecule has 4 atom stereocenters. The molecule has 1 fully saturated rings. The van der Waals surface area contributed by atoms with Gasteiger partial charge in [0.25, 0.3) is 0 Å². The number of fused-ring (bicyclic) bond motifs is 1. The van der Waals surface area contributed by atoms with Crippen LogP contribution in [0.15, 0.2) is 71.7 Å². The number of aromatic hydroxyl groups is 1. The van der Waals surface area contributed by atoms with Crippen molar-refractivity contribution >= 4 is 46.6 Å². The molecule has 0 spiro atoms. The van der Waals surface area contributed by atoms with E-state index in [0.29, 0.717) is 18.3 Å². The summed E-state index contributed by atoms with van der Waals surface area (Å²) in [6.07, 6.45) is 1.01. The maximum atomic E-state index is 13.8. The van der Waals surface area contributed by atoms with Gasteiger partial charge in [-0.3, -0.25) is 33.9 Å². The lowest BCUT2D eigenvalue weighted by molar-refractivity contribution is -0.140. The first-order chi connectivity index (χ1) is 22.9. The zero-order valence-electron chi connectivity index (χ0n) is 26.9. The quantitative estimate of drug-likeness (QED) is 0.0700. The van der Waals surface area contributed by atoms with Gasteiger partial charge < -0.3 is 37.8 Å². The lowest BCUT2D eigenvalue weighted by Gasteiger charge is -2.41. The molecule has 0 radical (unpaired) electrons. The maximum absolute atomic E-state index is 13.8. The maximum Gasteiger partial charge on any atom is 0.243 e. The van der Waals surface area contributed by atoms with Crippen LogP contribution in [0.25, 0.3) is 10.8 Å². The number of nitrogens with zero attached hydrogens (tertiary/aromatic N) is 2. The van der Waals surface area contributed by atoms with Crippen LogP contribution in [-0.2, 0) is 36.8 Å². The summed E-state index contributed by atoms with van der Waals surface area (Å²) in [5, 5.41) is 22.5. The molecule has 14 heteroatoms. The molecule has 3 aromatic carbocycles. The number of carbonyl (C=O) groups is 5. The molecule has 3 aromatic rings. The van der Waals surface area contributed by atoms with Crippen LogP contribution in [0.5, 0.6) is 5.75 Å². The van der Waals surface area contributed by atoms with Crippen LogP contribution in [-0.4, -0.2) is 89.8 Å². The summed E-state index contributed by atoms with van der Waals surface area (Å²) >= 11 is 0. The highest BCUT2D eigenvalue weighted by Crippen LogP contribution is 2.21. The molecule has 48 heavy (non-hydrogen) atoms. The van der Waals surface area contributed by atoms with Crippen molar-refractivity contribution in [1.29, 1.82) is 0 Å². The molecule has 9 N–H and O–H groups in total. The molecule has 4 rings (SSSR count). The van der Waals surface area contributed by atoms with E-state index in [1.54, 1.807) is 19.1 Å². The Morgan fingerprint density at radius 3 is 2.29 bits per heavy atom. The zero-order valence-corrected chi connectivity index (χ0v) is 26.9. The first kappa shape index (κ1) is 35.4. The van der Waals surface area contributed by atoms with Crippen molar-refractivity contribution in [1.82, 2.24) is 26.2 Å². The van der Waals surface area contributed by atoms with Crippen LogP contribution in [0.2, 0.25) is 0 Å². The Morgan fingerprint density at radius 2 is 1.60 bits per heavy atom. The Balaban J connectivity index is 1.68. The minimum Gasteiger partial charge on any atom is -0.508 e. The molecule has 0 unspecified atom stereocenters. The molecule has 14 nitrogen and oxygen atoms in total. The number of carbonyl (C=O) groups excluding carboxylic acids is 5. The third-order valence-electron chi connectivity index (χ3n) is 8.44. The third kappa shape index (κ3) is 9.06. The summed E-state index contributed by atoms with van der Waals surface area (Å²) < 4.78 is 0. The van der Waals surface area contributed by atoms with Crippen LogP contribution >= 0.6 is 0 Å². The largest absolute Gasteiger partial charge is 0.508 e. The van der Waals surface area contributed by atoms with Crippen molar-refractivity contribution in [2.45, 2.75) is 56.4 Å². The number of phenolic OH excluding ortho intramolecular Hbond substituents is 1. The van der Waals surface area contributed by atoms with Gasteiger partial charge in [0.15, 0.2) is 17.9 Å². The second-order valence-electron chi connectivity index (χ2n) is 11.9. The van der Waals surface area contributed by atoms with Gasteiger partial charge in [-0.15, -0.1) is 0 Å². The van der Waals surface area contributed by atoms with E-state index in [1.165, 1.54) is 24.1 Å². The van der Waals surface area contributed by atoms with Gasteiger partial charge in [-0.1, -0.05) is 54.6 Å². The van der Waals surface area contributed by atoms with E-state index in [0.717, 1.165) is 16.3 Å². The minimum absolute atomic E-state index is 0.0140. The fraction of sp³-hybridized carbons (Fsp3) is 0.353. The lowest BCUT2D eigenvalue weighted by Crippen LogP contribution is -2.68. The molecule has 0 aromatic heterocycles. The monoisotopic (exact) mass is 658 g/mol. The average Bonchev–Trinajstić information content (AvgIpc) is 3.07. The molecule has 1 aliphatic rings. The normalized spacial score (nSPS) is 22.8. The molecule has 1 heterocycles. The Morgan fingerprint density at radius 1 is 0.938 bits per heavy atom. The second kappa shape index (κ2) is 15.9.